The van der Waals surface area contributed by atoms with Crippen LogP contribution in [0, 0.1) is 10.1 Å². The maximum absolute atomic E-state index is 11.2. The molecular formula is C15H13N3O4S. The third kappa shape index (κ3) is 3.02. The summed E-state index contributed by atoms with van der Waals surface area (Å²) in [6.07, 6.45) is 0. The summed E-state index contributed by atoms with van der Waals surface area (Å²) in [4.78, 5) is 15.2. The van der Waals surface area contributed by atoms with Crippen LogP contribution in [-0.2, 0) is 0 Å². The highest BCUT2D eigenvalue weighted by atomic mass is 32.1. The summed E-state index contributed by atoms with van der Waals surface area (Å²) in [6.45, 7) is 0. The molecule has 0 saturated carbocycles. The lowest BCUT2D eigenvalue weighted by Crippen LogP contribution is -1.97. The largest absolute Gasteiger partial charge is 0.497 e. The van der Waals surface area contributed by atoms with E-state index in [4.69, 9.17) is 9.47 Å². The number of hydrogen-bond acceptors (Lipinski definition) is 7. The van der Waals surface area contributed by atoms with Crippen LogP contribution in [0.15, 0.2) is 36.4 Å². The van der Waals surface area contributed by atoms with E-state index in [1.54, 1.807) is 19.2 Å². The average molecular weight is 331 g/mol. The molecule has 0 saturated heterocycles. The monoisotopic (exact) mass is 331 g/mol. The molecule has 0 atom stereocenters. The van der Waals surface area contributed by atoms with Crippen LogP contribution in [0.3, 0.4) is 0 Å². The first-order valence-corrected chi connectivity index (χ1v) is 7.46. The van der Waals surface area contributed by atoms with Gasteiger partial charge in [-0.25, -0.2) is 4.98 Å². The Labute approximate surface area is 135 Å². The van der Waals surface area contributed by atoms with Crippen LogP contribution in [0.25, 0.3) is 10.2 Å². The van der Waals surface area contributed by atoms with Crippen LogP contribution >= 0.6 is 11.3 Å². The van der Waals surface area contributed by atoms with Gasteiger partial charge in [0.15, 0.2) is 5.13 Å². The predicted molar refractivity (Wildman–Crippen MR) is 89.1 cm³/mol. The molecule has 1 N–H and O–H groups in total. The minimum absolute atomic E-state index is 0.0683. The minimum Gasteiger partial charge on any atom is -0.497 e. The molecule has 0 aliphatic carbocycles. The second-order valence-electron chi connectivity index (χ2n) is 4.62. The summed E-state index contributed by atoms with van der Waals surface area (Å²) >= 11 is 1.41. The summed E-state index contributed by atoms with van der Waals surface area (Å²) in [5.41, 5.74) is 1.07. The van der Waals surface area contributed by atoms with Crippen LogP contribution in [0.2, 0.25) is 0 Å². The number of nitrogens with zero attached hydrogens (tertiary/aromatic N) is 2. The minimum atomic E-state index is -0.457. The molecule has 118 valence electrons. The van der Waals surface area contributed by atoms with Crippen molar-refractivity contribution in [3.8, 4) is 11.5 Å². The molecule has 23 heavy (non-hydrogen) atoms. The Morgan fingerprint density at radius 3 is 2.52 bits per heavy atom. The molecule has 8 heteroatoms. The summed E-state index contributed by atoms with van der Waals surface area (Å²) in [5.74, 6) is 1.14. The molecule has 1 aromatic heterocycles. The number of thiazole rings is 1. The van der Waals surface area contributed by atoms with Gasteiger partial charge in [0.25, 0.3) is 5.69 Å². The number of anilines is 2. The van der Waals surface area contributed by atoms with Crippen molar-refractivity contribution in [2.24, 2.45) is 0 Å². The number of fused-ring (bicyclic) bond motifs is 1. The van der Waals surface area contributed by atoms with E-state index in [1.807, 2.05) is 18.2 Å². The summed E-state index contributed by atoms with van der Waals surface area (Å²) < 4.78 is 11.2. The maximum Gasteiger partial charge on any atom is 0.296 e. The Morgan fingerprint density at radius 1 is 1.13 bits per heavy atom. The van der Waals surface area contributed by atoms with Crippen molar-refractivity contribution < 1.29 is 14.4 Å². The van der Waals surface area contributed by atoms with Crippen LogP contribution in [-0.4, -0.2) is 24.1 Å². The number of rotatable bonds is 5. The van der Waals surface area contributed by atoms with E-state index < -0.39 is 4.92 Å². The number of nitro groups is 1. The number of nitrogens with one attached hydrogen (secondary N) is 1. The first-order valence-electron chi connectivity index (χ1n) is 6.65. The van der Waals surface area contributed by atoms with Crippen LogP contribution < -0.4 is 14.8 Å². The Bertz CT molecular complexity index is 878. The number of hydrogen-bond donors (Lipinski definition) is 1. The first-order chi connectivity index (χ1) is 11.1. The van der Waals surface area contributed by atoms with Gasteiger partial charge in [0.1, 0.15) is 17.2 Å². The van der Waals surface area contributed by atoms with Crippen molar-refractivity contribution in [2.75, 3.05) is 19.5 Å². The molecular weight excluding hydrogens is 318 g/mol. The Morgan fingerprint density at radius 2 is 1.83 bits per heavy atom. The molecule has 0 aliphatic rings. The summed E-state index contributed by atoms with van der Waals surface area (Å²) in [7, 11) is 3.06. The standard InChI is InChI=1S/C15H13N3O4S/c1-21-9-4-6-14-12(7-9)17-15(23-14)16-11-5-3-10(22-2)8-13(11)18(19)20/h3-8H,1-2H3,(H,16,17). The normalized spacial score (nSPS) is 10.5. The van der Waals surface area contributed by atoms with Gasteiger partial charge in [0.2, 0.25) is 0 Å². The highest BCUT2D eigenvalue weighted by Crippen LogP contribution is 2.35. The number of methoxy groups -OCH3 is 2. The molecule has 3 rings (SSSR count). The van der Waals surface area contributed by atoms with Crippen molar-refractivity contribution in [2.45, 2.75) is 0 Å². The van der Waals surface area contributed by atoms with Gasteiger partial charge in [0.05, 0.1) is 35.4 Å². The maximum atomic E-state index is 11.2. The van der Waals surface area contributed by atoms with Gasteiger partial charge in [-0.2, -0.15) is 0 Å². The number of nitro benzene ring substituents is 1. The van der Waals surface area contributed by atoms with E-state index in [9.17, 15) is 10.1 Å². The van der Waals surface area contributed by atoms with E-state index in [2.05, 4.69) is 10.3 Å². The van der Waals surface area contributed by atoms with Gasteiger partial charge in [-0.1, -0.05) is 11.3 Å². The molecule has 0 fully saturated rings. The van der Waals surface area contributed by atoms with Crippen LogP contribution in [0.5, 0.6) is 11.5 Å². The van der Waals surface area contributed by atoms with Gasteiger partial charge in [0, 0.05) is 6.07 Å². The topological polar surface area (TPSA) is 86.5 Å². The zero-order valence-corrected chi connectivity index (χ0v) is 13.2. The number of benzene rings is 2. The molecule has 0 aliphatic heterocycles. The van der Waals surface area contributed by atoms with Gasteiger partial charge in [-0.15, -0.1) is 0 Å². The van der Waals surface area contributed by atoms with E-state index >= 15 is 0 Å². The first kappa shape index (κ1) is 15.0. The lowest BCUT2D eigenvalue weighted by molar-refractivity contribution is -0.384. The van der Waals surface area contributed by atoms with Crippen LogP contribution in [0.4, 0.5) is 16.5 Å². The highest BCUT2D eigenvalue weighted by Gasteiger charge is 2.16. The highest BCUT2D eigenvalue weighted by molar-refractivity contribution is 7.22. The molecule has 0 amide bonds. The Balaban J connectivity index is 1.96. The SMILES string of the molecule is COc1ccc(Nc2nc3cc(OC)ccc3s2)c([N+](=O)[O-])c1. The molecule has 2 aromatic carbocycles. The third-order valence-corrected chi connectivity index (χ3v) is 4.19. The molecule has 1 heterocycles. The van der Waals surface area contributed by atoms with Crippen molar-refractivity contribution in [3.05, 3.63) is 46.5 Å². The lowest BCUT2D eigenvalue weighted by atomic mass is 10.2. The zero-order valence-electron chi connectivity index (χ0n) is 12.4. The van der Waals surface area contributed by atoms with Crippen LogP contribution in [0.1, 0.15) is 0 Å². The lowest BCUT2D eigenvalue weighted by Gasteiger charge is -2.05. The van der Waals surface area contributed by atoms with Crippen molar-refractivity contribution in [3.63, 3.8) is 0 Å². The molecule has 3 aromatic rings. The molecule has 0 unspecified atom stereocenters. The quantitative estimate of drug-likeness (QED) is 0.562. The van der Waals surface area contributed by atoms with E-state index in [0.29, 0.717) is 22.3 Å². The number of ether oxygens (including phenoxy) is 2. The molecule has 0 bridgehead atoms. The second kappa shape index (κ2) is 6.09. The van der Waals surface area contributed by atoms with Crippen molar-refractivity contribution >= 4 is 38.1 Å². The molecule has 0 radical (unpaired) electrons. The summed E-state index contributed by atoms with van der Waals surface area (Å²) in [6, 6.07) is 10.2. The smallest absolute Gasteiger partial charge is 0.296 e. The molecule has 0 spiro atoms. The fourth-order valence-electron chi connectivity index (χ4n) is 2.10. The Kier molecular flexibility index (Phi) is 3.98. The fourth-order valence-corrected chi connectivity index (χ4v) is 2.96. The van der Waals surface area contributed by atoms with Gasteiger partial charge >= 0.3 is 0 Å². The Hall–Kier alpha value is -2.87. The van der Waals surface area contributed by atoms with Crippen molar-refractivity contribution in [1.82, 2.24) is 4.98 Å². The zero-order chi connectivity index (χ0) is 16.4. The average Bonchev–Trinajstić information content (AvgIpc) is 2.96. The van der Waals surface area contributed by atoms with Gasteiger partial charge < -0.3 is 14.8 Å². The predicted octanol–water partition coefficient (Wildman–Crippen LogP) is 3.97. The van der Waals surface area contributed by atoms with E-state index in [0.717, 1.165) is 10.2 Å². The van der Waals surface area contributed by atoms with Gasteiger partial charge in [-0.3, -0.25) is 10.1 Å². The number of aromatic nitrogens is 1. The third-order valence-electron chi connectivity index (χ3n) is 3.24. The van der Waals surface area contributed by atoms with Crippen molar-refractivity contribution in [1.29, 1.82) is 0 Å². The van der Waals surface area contributed by atoms with E-state index in [1.165, 1.54) is 24.5 Å². The molecule has 7 nitrogen and oxygen atoms in total. The second-order valence-corrected chi connectivity index (χ2v) is 5.65. The van der Waals surface area contributed by atoms with Gasteiger partial charge in [-0.05, 0) is 24.3 Å². The van der Waals surface area contributed by atoms with E-state index in [-0.39, 0.29) is 5.69 Å². The summed E-state index contributed by atoms with van der Waals surface area (Å²) in [5, 5.41) is 14.8. The fraction of sp³-hybridized carbons (Fsp3) is 0.133.